The number of nitrogens with zero attached hydrogens (tertiary/aromatic N) is 1. The van der Waals surface area contributed by atoms with Gasteiger partial charge in [0.15, 0.2) is 0 Å². The largest absolute Gasteiger partial charge is 0.340 e. The van der Waals surface area contributed by atoms with Crippen LogP contribution >= 0.6 is 34.8 Å². The van der Waals surface area contributed by atoms with Gasteiger partial charge in [0.1, 0.15) is 10.8 Å². The predicted octanol–water partition coefficient (Wildman–Crippen LogP) is 4.14. The summed E-state index contributed by atoms with van der Waals surface area (Å²) in [5, 5.41) is 13.5. The highest BCUT2D eigenvalue weighted by Gasteiger charge is 2.15. The number of non-ortho nitro benzene ring substituents is 1. The van der Waals surface area contributed by atoms with Crippen molar-refractivity contribution in [2.45, 2.75) is 0 Å². The number of H-pyrrole nitrogens is 1. The third-order valence-electron chi connectivity index (χ3n) is 2.38. The van der Waals surface area contributed by atoms with Crippen molar-refractivity contribution in [2.24, 2.45) is 0 Å². The summed E-state index contributed by atoms with van der Waals surface area (Å²) in [5.41, 5.74) is 0.220. The van der Waals surface area contributed by atoms with E-state index in [0.29, 0.717) is 0 Å². The van der Waals surface area contributed by atoms with Crippen molar-refractivity contribution in [1.82, 2.24) is 4.98 Å². The summed E-state index contributed by atoms with van der Waals surface area (Å²) >= 11 is 17.3. The van der Waals surface area contributed by atoms with Crippen LogP contribution in [0.4, 0.5) is 11.4 Å². The highest BCUT2D eigenvalue weighted by Crippen LogP contribution is 2.28. The number of rotatable bonds is 3. The molecule has 0 aliphatic carbocycles. The van der Waals surface area contributed by atoms with Gasteiger partial charge in [0.05, 0.1) is 20.7 Å². The van der Waals surface area contributed by atoms with Crippen molar-refractivity contribution in [3.05, 3.63) is 55.3 Å². The summed E-state index contributed by atoms with van der Waals surface area (Å²) in [6.45, 7) is 0. The second kappa shape index (κ2) is 5.70. The number of carbonyl (C=O) groups is 1. The summed E-state index contributed by atoms with van der Waals surface area (Å²) < 4.78 is 0. The molecule has 2 aromatic rings. The Kier molecular flexibility index (Phi) is 4.17. The van der Waals surface area contributed by atoms with Crippen molar-refractivity contribution < 1.29 is 9.72 Å². The third kappa shape index (κ3) is 3.04. The van der Waals surface area contributed by atoms with Crippen LogP contribution in [0.3, 0.4) is 0 Å². The van der Waals surface area contributed by atoms with E-state index in [4.69, 9.17) is 34.8 Å². The zero-order valence-electron chi connectivity index (χ0n) is 9.62. The molecule has 20 heavy (non-hydrogen) atoms. The van der Waals surface area contributed by atoms with Crippen LogP contribution in [0.25, 0.3) is 0 Å². The number of amides is 1. The Morgan fingerprint density at radius 2 is 1.90 bits per heavy atom. The fourth-order valence-electron chi connectivity index (χ4n) is 1.44. The molecule has 0 fully saturated rings. The lowest BCUT2D eigenvalue weighted by atomic mass is 10.2. The van der Waals surface area contributed by atoms with E-state index in [1.807, 2.05) is 0 Å². The van der Waals surface area contributed by atoms with Gasteiger partial charge in [-0.25, -0.2) is 0 Å². The Balaban J connectivity index is 2.21. The molecular weight excluding hydrogens is 328 g/mol. The molecule has 0 radical (unpaired) electrons. The lowest BCUT2D eigenvalue weighted by molar-refractivity contribution is -0.384. The third-order valence-corrected chi connectivity index (χ3v) is 3.39. The maximum absolute atomic E-state index is 11.9. The Bertz CT molecular complexity index is 680. The van der Waals surface area contributed by atoms with Gasteiger partial charge < -0.3 is 10.3 Å². The molecule has 2 rings (SSSR count). The topological polar surface area (TPSA) is 88.0 Å². The van der Waals surface area contributed by atoms with Crippen LogP contribution in [0.5, 0.6) is 0 Å². The molecule has 0 saturated carbocycles. The zero-order chi connectivity index (χ0) is 14.9. The minimum atomic E-state index is -0.581. The fraction of sp³-hybridized carbons (Fsp3) is 0. The average Bonchev–Trinajstić information content (AvgIpc) is 2.72. The van der Waals surface area contributed by atoms with Gasteiger partial charge in [-0.3, -0.25) is 14.9 Å². The van der Waals surface area contributed by atoms with Crippen molar-refractivity contribution >= 4 is 52.1 Å². The molecule has 1 amide bonds. The first kappa shape index (κ1) is 14.6. The van der Waals surface area contributed by atoms with Crippen LogP contribution < -0.4 is 5.32 Å². The molecule has 6 nitrogen and oxygen atoms in total. The molecule has 1 aromatic carbocycles. The number of nitro groups is 1. The molecule has 0 atom stereocenters. The number of nitro benzene ring substituents is 1. The smallest absolute Gasteiger partial charge is 0.272 e. The van der Waals surface area contributed by atoms with E-state index in [1.54, 1.807) is 0 Å². The van der Waals surface area contributed by atoms with Crippen LogP contribution in [-0.2, 0) is 0 Å². The first-order valence-electron chi connectivity index (χ1n) is 5.18. The van der Waals surface area contributed by atoms with Gasteiger partial charge in [-0.05, 0) is 12.1 Å². The second-order valence-electron chi connectivity index (χ2n) is 3.72. The molecule has 1 aromatic heterocycles. The lowest BCUT2D eigenvalue weighted by Crippen LogP contribution is -2.12. The minimum absolute atomic E-state index is 0.0521. The van der Waals surface area contributed by atoms with Crippen LogP contribution in [0.15, 0.2) is 24.3 Å². The first-order chi connectivity index (χ1) is 9.38. The van der Waals surface area contributed by atoms with E-state index >= 15 is 0 Å². The summed E-state index contributed by atoms with van der Waals surface area (Å²) in [5.74, 6) is -0.519. The van der Waals surface area contributed by atoms with Gasteiger partial charge in [0, 0.05) is 12.1 Å². The molecular formula is C11H6Cl3N3O3. The summed E-state index contributed by atoms with van der Waals surface area (Å²) in [4.78, 5) is 24.5. The molecule has 2 N–H and O–H groups in total. The number of nitrogens with one attached hydrogen (secondary N) is 2. The van der Waals surface area contributed by atoms with Crippen LogP contribution in [0.2, 0.25) is 15.2 Å². The summed E-state index contributed by atoms with van der Waals surface area (Å²) in [6, 6.07) is 5.07. The Morgan fingerprint density at radius 1 is 1.20 bits per heavy atom. The normalized spacial score (nSPS) is 10.3. The minimum Gasteiger partial charge on any atom is -0.340 e. The SMILES string of the molecule is O=C(Nc1ccc([N+](=O)[O-])cc1Cl)c1cc(Cl)c(Cl)[nH]1. The van der Waals surface area contributed by atoms with Crippen molar-refractivity contribution in [3.8, 4) is 0 Å². The van der Waals surface area contributed by atoms with E-state index in [9.17, 15) is 14.9 Å². The van der Waals surface area contributed by atoms with E-state index in [1.165, 1.54) is 18.2 Å². The number of benzene rings is 1. The molecule has 0 aliphatic heterocycles. The standard InChI is InChI=1S/C11H6Cl3N3O3/c12-6-3-5(17(19)20)1-2-8(6)16-11(18)9-4-7(13)10(14)15-9/h1-4,15H,(H,16,18). The van der Waals surface area contributed by atoms with Gasteiger partial charge in [0.2, 0.25) is 0 Å². The first-order valence-corrected chi connectivity index (χ1v) is 6.31. The van der Waals surface area contributed by atoms with Gasteiger partial charge in [-0.2, -0.15) is 0 Å². The molecule has 104 valence electrons. The van der Waals surface area contributed by atoms with Crippen LogP contribution in [-0.4, -0.2) is 15.8 Å². The molecule has 9 heteroatoms. The van der Waals surface area contributed by atoms with E-state index < -0.39 is 10.8 Å². The molecule has 0 bridgehead atoms. The monoisotopic (exact) mass is 333 g/mol. The summed E-state index contributed by atoms with van der Waals surface area (Å²) in [6.07, 6.45) is 0. The Labute approximate surface area is 127 Å². The van der Waals surface area contributed by atoms with Gasteiger partial charge >= 0.3 is 0 Å². The van der Waals surface area contributed by atoms with E-state index in [0.717, 1.165) is 6.07 Å². The number of anilines is 1. The molecule has 0 aliphatic rings. The fourth-order valence-corrected chi connectivity index (χ4v) is 1.97. The number of aromatic nitrogens is 1. The highest BCUT2D eigenvalue weighted by atomic mass is 35.5. The second-order valence-corrected chi connectivity index (χ2v) is 4.91. The number of aromatic amines is 1. The van der Waals surface area contributed by atoms with Crippen molar-refractivity contribution in [1.29, 1.82) is 0 Å². The molecule has 0 spiro atoms. The van der Waals surface area contributed by atoms with Gasteiger partial charge in [0.25, 0.3) is 11.6 Å². The molecule has 0 saturated heterocycles. The molecule has 1 heterocycles. The number of halogens is 3. The van der Waals surface area contributed by atoms with E-state index in [-0.39, 0.29) is 32.3 Å². The quantitative estimate of drug-likeness (QED) is 0.653. The highest BCUT2D eigenvalue weighted by molar-refractivity contribution is 6.41. The lowest BCUT2D eigenvalue weighted by Gasteiger charge is -2.05. The van der Waals surface area contributed by atoms with Gasteiger partial charge in [-0.15, -0.1) is 0 Å². The Morgan fingerprint density at radius 3 is 2.40 bits per heavy atom. The average molecular weight is 335 g/mol. The van der Waals surface area contributed by atoms with Gasteiger partial charge in [-0.1, -0.05) is 34.8 Å². The summed E-state index contributed by atoms with van der Waals surface area (Å²) in [7, 11) is 0. The van der Waals surface area contributed by atoms with E-state index in [2.05, 4.69) is 10.3 Å². The number of hydrogen-bond acceptors (Lipinski definition) is 3. The van der Waals surface area contributed by atoms with Crippen LogP contribution in [0, 0.1) is 10.1 Å². The van der Waals surface area contributed by atoms with Crippen molar-refractivity contribution in [2.75, 3.05) is 5.32 Å². The molecule has 0 unspecified atom stereocenters. The zero-order valence-corrected chi connectivity index (χ0v) is 11.9. The maximum Gasteiger partial charge on any atom is 0.272 e. The number of carbonyl (C=O) groups excluding carboxylic acids is 1. The van der Waals surface area contributed by atoms with Crippen molar-refractivity contribution in [3.63, 3.8) is 0 Å². The predicted molar refractivity (Wildman–Crippen MR) is 76.9 cm³/mol. The Hall–Kier alpha value is -1.76. The maximum atomic E-state index is 11.9. The van der Waals surface area contributed by atoms with Crippen LogP contribution in [0.1, 0.15) is 10.5 Å². The number of hydrogen-bond donors (Lipinski definition) is 2.